The number of amides is 1. The van der Waals surface area contributed by atoms with Crippen molar-refractivity contribution >= 4 is 16.9 Å². The van der Waals surface area contributed by atoms with Gasteiger partial charge in [-0.15, -0.1) is 0 Å². The van der Waals surface area contributed by atoms with Crippen LogP contribution in [-0.2, 0) is 0 Å². The van der Waals surface area contributed by atoms with Crippen LogP contribution in [0.3, 0.4) is 0 Å². The molecule has 3 heterocycles. The smallest absolute Gasteiger partial charge is 0.270 e. The first-order valence-electron chi connectivity index (χ1n) is 7.04. The number of rotatable bonds is 4. The van der Waals surface area contributed by atoms with Gasteiger partial charge in [-0.2, -0.15) is 5.26 Å². The zero-order valence-corrected chi connectivity index (χ0v) is 12.4. The monoisotopic (exact) mass is 311 g/mol. The Morgan fingerprint density at radius 1 is 1.48 bits per heavy atom. The molecule has 0 aliphatic rings. The highest BCUT2D eigenvalue weighted by Gasteiger charge is 2.17. The molecule has 116 valence electrons. The van der Waals surface area contributed by atoms with Crippen molar-refractivity contribution in [1.82, 2.24) is 19.9 Å². The fourth-order valence-corrected chi connectivity index (χ4v) is 2.46. The molecule has 0 aliphatic carbocycles. The van der Waals surface area contributed by atoms with E-state index < -0.39 is 5.82 Å². The van der Waals surface area contributed by atoms with E-state index in [0.717, 1.165) is 6.20 Å². The van der Waals surface area contributed by atoms with Gasteiger partial charge in [-0.05, 0) is 12.1 Å². The molecule has 1 amide bonds. The lowest BCUT2D eigenvalue weighted by Crippen LogP contribution is -2.27. The van der Waals surface area contributed by atoms with Gasteiger partial charge < -0.3 is 14.9 Å². The highest BCUT2D eigenvalue weighted by atomic mass is 19.1. The van der Waals surface area contributed by atoms with E-state index in [-0.39, 0.29) is 12.3 Å². The number of H-pyrrole nitrogens is 2. The van der Waals surface area contributed by atoms with E-state index in [4.69, 9.17) is 5.26 Å². The Balaban J connectivity index is 1.95. The minimum atomic E-state index is -0.451. The molecule has 6 nitrogen and oxygen atoms in total. The van der Waals surface area contributed by atoms with Gasteiger partial charge in [0.05, 0.1) is 18.7 Å². The molecule has 2 N–H and O–H groups in total. The molecule has 0 saturated heterocycles. The third-order valence-corrected chi connectivity index (χ3v) is 3.65. The van der Waals surface area contributed by atoms with Crippen LogP contribution in [0.1, 0.15) is 16.9 Å². The second-order valence-electron chi connectivity index (χ2n) is 5.16. The number of pyridine rings is 1. The number of nitrogens with one attached hydrogen (secondary N) is 2. The van der Waals surface area contributed by atoms with Gasteiger partial charge in [0, 0.05) is 42.5 Å². The van der Waals surface area contributed by atoms with Crippen LogP contribution in [0.25, 0.3) is 22.2 Å². The summed E-state index contributed by atoms with van der Waals surface area (Å²) in [6.07, 6.45) is 4.70. The third kappa shape index (κ3) is 2.66. The summed E-state index contributed by atoms with van der Waals surface area (Å²) in [5.41, 5.74) is 1.90. The molecular formula is C16H14FN5O. The first-order chi connectivity index (χ1) is 11.1. The van der Waals surface area contributed by atoms with Gasteiger partial charge in [0.1, 0.15) is 17.2 Å². The van der Waals surface area contributed by atoms with Crippen molar-refractivity contribution in [1.29, 1.82) is 5.26 Å². The highest BCUT2D eigenvalue weighted by molar-refractivity contribution is 5.97. The van der Waals surface area contributed by atoms with Gasteiger partial charge >= 0.3 is 0 Å². The Bertz CT molecular complexity index is 905. The summed E-state index contributed by atoms with van der Waals surface area (Å²) in [5, 5.41) is 9.24. The van der Waals surface area contributed by atoms with Gasteiger partial charge in [-0.3, -0.25) is 4.79 Å². The number of halogens is 1. The Hall–Kier alpha value is -3.14. The third-order valence-electron chi connectivity index (χ3n) is 3.65. The van der Waals surface area contributed by atoms with Crippen LogP contribution >= 0.6 is 0 Å². The van der Waals surface area contributed by atoms with Crippen LogP contribution in [0.2, 0.25) is 0 Å². The van der Waals surface area contributed by atoms with E-state index in [1.165, 1.54) is 4.90 Å². The van der Waals surface area contributed by atoms with Crippen molar-refractivity contribution in [2.45, 2.75) is 6.42 Å². The number of aromatic amines is 2. The lowest BCUT2D eigenvalue weighted by Gasteiger charge is -2.13. The van der Waals surface area contributed by atoms with E-state index in [0.29, 0.717) is 34.4 Å². The first-order valence-corrected chi connectivity index (χ1v) is 7.04. The van der Waals surface area contributed by atoms with Gasteiger partial charge in [0.25, 0.3) is 5.91 Å². The topological polar surface area (TPSA) is 88.6 Å². The molecule has 0 spiro atoms. The highest BCUT2D eigenvalue weighted by Crippen LogP contribution is 2.30. The summed E-state index contributed by atoms with van der Waals surface area (Å²) in [4.78, 5) is 23.5. The molecule has 0 aromatic carbocycles. The standard InChI is InChI=1S/C16H14FN5O/c1-22(6-2-4-18)16(23)13-7-10(8-20-13)14-11-3-5-19-15(11)21-9-12(14)17/h3,5,7-9,20H,2,6H2,1H3,(H,19,21). The summed E-state index contributed by atoms with van der Waals surface area (Å²) in [5.74, 6) is -0.695. The largest absolute Gasteiger partial charge is 0.357 e. The van der Waals surface area contributed by atoms with Gasteiger partial charge in [-0.1, -0.05) is 0 Å². The molecule has 3 rings (SSSR count). The minimum absolute atomic E-state index is 0.244. The summed E-state index contributed by atoms with van der Waals surface area (Å²) in [6, 6.07) is 5.35. The second-order valence-corrected chi connectivity index (χ2v) is 5.16. The van der Waals surface area contributed by atoms with Crippen molar-refractivity contribution in [3.63, 3.8) is 0 Å². The molecule has 0 atom stereocenters. The molecule has 3 aromatic rings. The van der Waals surface area contributed by atoms with E-state index in [1.807, 2.05) is 6.07 Å². The molecule has 23 heavy (non-hydrogen) atoms. The molecule has 0 fully saturated rings. The number of aromatic nitrogens is 3. The Kier molecular flexibility index (Phi) is 3.81. The quantitative estimate of drug-likeness (QED) is 0.776. The van der Waals surface area contributed by atoms with Crippen LogP contribution in [0.4, 0.5) is 4.39 Å². The fraction of sp³-hybridized carbons (Fsp3) is 0.188. The summed E-state index contributed by atoms with van der Waals surface area (Å²) in [7, 11) is 1.62. The molecule has 3 aromatic heterocycles. The van der Waals surface area contributed by atoms with Crippen LogP contribution in [0, 0.1) is 17.1 Å². The fourth-order valence-electron chi connectivity index (χ4n) is 2.46. The zero-order valence-electron chi connectivity index (χ0n) is 12.4. The predicted molar refractivity (Wildman–Crippen MR) is 83.0 cm³/mol. The number of hydrogen-bond acceptors (Lipinski definition) is 3. The van der Waals surface area contributed by atoms with Gasteiger partial charge in [0.15, 0.2) is 0 Å². The Labute approximate surface area is 131 Å². The van der Waals surface area contributed by atoms with Crippen LogP contribution < -0.4 is 0 Å². The molecule has 7 heteroatoms. The number of nitriles is 1. The molecule has 0 radical (unpaired) electrons. The molecule has 0 saturated carbocycles. The summed E-state index contributed by atoms with van der Waals surface area (Å²) in [6.45, 7) is 0.343. The SMILES string of the molecule is CN(CCC#N)C(=O)c1cc(-c2c(F)cnc3[nH]ccc23)c[nH]1. The van der Waals surface area contributed by atoms with E-state index in [9.17, 15) is 9.18 Å². The Morgan fingerprint density at radius 3 is 3.09 bits per heavy atom. The maximum atomic E-state index is 14.2. The number of hydrogen-bond donors (Lipinski definition) is 2. The number of nitrogens with zero attached hydrogens (tertiary/aromatic N) is 3. The average Bonchev–Trinajstić information content (AvgIpc) is 3.20. The lowest BCUT2D eigenvalue weighted by molar-refractivity contribution is 0.0793. The molecule has 0 unspecified atom stereocenters. The van der Waals surface area contributed by atoms with Gasteiger partial charge in [0.2, 0.25) is 0 Å². The number of carbonyl (C=O) groups is 1. The number of carbonyl (C=O) groups excluding carboxylic acids is 1. The molecule has 0 aliphatic heterocycles. The van der Waals surface area contributed by atoms with E-state index >= 15 is 0 Å². The van der Waals surface area contributed by atoms with E-state index in [2.05, 4.69) is 15.0 Å². The van der Waals surface area contributed by atoms with Crippen LogP contribution in [-0.4, -0.2) is 39.4 Å². The molecule has 0 bridgehead atoms. The summed E-state index contributed by atoms with van der Waals surface area (Å²) >= 11 is 0. The zero-order chi connectivity index (χ0) is 16.4. The maximum Gasteiger partial charge on any atom is 0.270 e. The van der Waals surface area contributed by atoms with Crippen molar-refractivity contribution in [2.75, 3.05) is 13.6 Å². The minimum Gasteiger partial charge on any atom is -0.357 e. The lowest BCUT2D eigenvalue weighted by atomic mass is 10.1. The predicted octanol–water partition coefficient (Wildman–Crippen LogP) is 2.68. The van der Waals surface area contributed by atoms with Crippen molar-refractivity contribution < 1.29 is 9.18 Å². The second kappa shape index (κ2) is 5.93. The van der Waals surface area contributed by atoms with E-state index in [1.54, 1.807) is 31.6 Å². The molecular weight excluding hydrogens is 297 g/mol. The normalized spacial score (nSPS) is 10.7. The number of fused-ring (bicyclic) bond motifs is 1. The van der Waals surface area contributed by atoms with Crippen molar-refractivity contribution in [3.05, 3.63) is 42.2 Å². The van der Waals surface area contributed by atoms with Crippen LogP contribution in [0.15, 0.2) is 30.7 Å². The van der Waals surface area contributed by atoms with Crippen molar-refractivity contribution in [2.24, 2.45) is 0 Å². The maximum absolute atomic E-state index is 14.2. The van der Waals surface area contributed by atoms with Crippen molar-refractivity contribution in [3.8, 4) is 17.2 Å². The average molecular weight is 311 g/mol. The summed E-state index contributed by atoms with van der Waals surface area (Å²) < 4.78 is 14.2. The Morgan fingerprint density at radius 2 is 2.30 bits per heavy atom. The van der Waals surface area contributed by atoms with Crippen LogP contribution in [0.5, 0.6) is 0 Å². The van der Waals surface area contributed by atoms with Gasteiger partial charge in [-0.25, -0.2) is 9.37 Å². The first kappa shape index (κ1) is 14.8.